The van der Waals surface area contributed by atoms with Crippen LogP contribution in [0.25, 0.3) is 0 Å². The van der Waals surface area contributed by atoms with Crippen molar-refractivity contribution in [2.24, 2.45) is 5.92 Å². The number of nitrogens with zero attached hydrogens (tertiary/aromatic N) is 2. The molecular weight excluding hydrogens is 284 g/mol. The minimum absolute atomic E-state index is 0.193. The van der Waals surface area contributed by atoms with Crippen LogP contribution in [0.2, 0.25) is 5.02 Å². The average Bonchev–Trinajstić information content (AvgIpc) is 2.88. The molecule has 3 rings (SSSR count). The fourth-order valence-electron chi connectivity index (χ4n) is 3.26. The van der Waals surface area contributed by atoms with Crippen molar-refractivity contribution in [2.45, 2.75) is 45.3 Å². The minimum Gasteiger partial charge on any atom is -0.386 e. The van der Waals surface area contributed by atoms with E-state index in [0.29, 0.717) is 5.02 Å². The third-order valence-corrected chi connectivity index (χ3v) is 4.68. The van der Waals surface area contributed by atoms with Crippen LogP contribution in [0.5, 0.6) is 0 Å². The summed E-state index contributed by atoms with van der Waals surface area (Å²) in [7, 11) is 0. The minimum atomic E-state index is -0.559. The Morgan fingerprint density at radius 3 is 2.71 bits per heavy atom. The highest BCUT2D eigenvalue weighted by atomic mass is 35.5. The molecule has 1 aliphatic rings. The van der Waals surface area contributed by atoms with Gasteiger partial charge in [-0.1, -0.05) is 35.9 Å². The van der Waals surface area contributed by atoms with Crippen molar-refractivity contribution in [1.82, 2.24) is 9.78 Å². The highest BCUT2D eigenvalue weighted by Crippen LogP contribution is 2.37. The fraction of sp³-hybridized carbons (Fsp3) is 0.471. The first kappa shape index (κ1) is 14.6. The van der Waals surface area contributed by atoms with Gasteiger partial charge in [0.1, 0.15) is 6.10 Å². The third-order valence-electron chi connectivity index (χ3n) is 4.39. The van der Waals surface area contributed by atoms with Gasteiger partial charge in [-0.3, -0.25) is 4.68 Å². The molecule has 1 aromatic heterocycles. The monoisotopic (exact) mass is 304 g/mol. The first-order valence-corrected chi connectivity index (χ1v) is 7.93. The van der Waals surface area contributed by atoms with Gasteiger partial charge in [0, 0.05) is 6.04 Å². The molecule has 1 heterocycles. The van der Waals surface area contributed by atoms with Crippen LogP contribution in [0.15, 0.2) is 30.5 Å². The van der Waals surface area contributed by atoms with Gasteiger partial charge in [-0.15, -0.1) is 0 Å². The highest BCUT2D eigenvalue weighted by molar-refractivity contribution is 6.31. The predicted molar refractivity (Wildman–Crippen MR) is 84.5 cm³/mol. The zero-order chi connectivity index (χ0) is 15.0. The summed E-state index contributed by atoms with van der Waals surface area (Å²) in [6.07, 6.45) is 3.98. The molecule has 0 amide bonds. The van der Waals surface area contributed by atoms with Crippen molar-refractivity contribution < 1.29 is 5.11 Å². The summed E-state index contributed by atoms with van der Waals surface area (Å²) in [5, 5.41) is 15.7. The molecule has 1 N–H and O–H groups in total. The van der Waals surface area contributed by atoms with E-state index in [2.05, 4.69) is 43.2 Å². The molecule has 0 saturated heterocycles. The molecule has 0 fully saturated rings. The maximum atomic E-state index is 10.8. The standard InChI is InChI=1S/C17H21ClN2O/c1-11(2)20-16(15(18)10-19-20)17(21)14-8-7-12-5-3-4-6-13(12)9-14/h3-6,10-11,14,17,21H,7-9H2,1-2H3. The number of hydrogen-bond donors (Lipinski definition) is 1. The maximum Gasteiger partial charge on any atom is 0.100 e. The van der Waals surface area contributed by atoms with Crippen molar-refractivity contribution in [3.8, 4) is 0 Å². The first-order valence-electron chi connectivity index (χ1n) is 7.55. The number of hydrogen-bond acceptors (Lipinski definition) is 2. The van der Waals surface area contributed by atoms with Crippen LogP contribution in [-0.2, 0) is 12.8 Å². The van der Waals surface area contributed by atoms with Crippen LogP contribution < -0.4 is 0 Å². The number of halogens is 1. The molecule has 0 radical (unpaired) electrons. The van der Waals surface area contributed by atoms with E-state index in [1.807, 2.05) is 4.68 Å². The number of rotatable bonds is 3. The molecule has 0 spiro atoms. The molecule has 3 nitrogen and oxygen atoms in total. The van der Waals surface area contributed by atoms with E-state index in [0.717, 1.165) is 25.0 Å². The Morgan fingerprint density at radius 2 is 2.00 bits per heavy atom. The second-order valence-corrected chi connectivity index (χ2v) is 6.54. The summed E-state index contributed by atoms with van der Waals surface area (Å²) in [6.45, 7) is 4.10. The molecule has 2 unspecified atom stereocenters. The Morgan fingerprint density at radius 1 is 1.29 bits per heavy atom. The molecular formula is C17H21ClN2O. The lowest BCUT2D eigenvalue weighted by atomic mass is 9.80. The van der Waals surface area contributed by atoms with E-state index in [-0.39, 0.29) is 12.0 Å². The number of aliphatic hydroxyl groups is 1. The fourth-order valence-corrected chi connectivity index (χ4v) is 3.50. The molecule has 112 valence electrons. The van der Waals surface area contributed by atoms with Crippen LogP contribution in [0.1, 0.15) is 49.2 Å². The lowest BCUT2D eigenvalue weighted by Crippen LogP contribution is -2.24. The number of aromatic nitrogens is 2. The lowest BCUT2D eigenvalue weighted by Gasteiger charge is -2.29. The predicted octanol–water partition coefficient (Wildman–Crippen LogP) is 3.96. The topological polar surface area (TPSA) is 38.0 Å². The van der Waals surface area contributed by atoms with Gasteiger partial charge < -0.3 is 5.11 Å². The van der Waals surface area contributed by atoms with Crippen molar-refractivity contribution in [1.29, 1.82) is 0 Å². The highest BCUT2D eigenvalue weighted by Gasteiger charge is 2.30. The second kappa shape index (κ2) is 5.82. The van der Waals surface area contributed by atoms with E-state index >= 15 is 0 Å². The summed E-state index contributed by atoms with van der Waals surface area (Å²) in [6, 6.07) is 8.69. The third kappa shape index (κ3) is 2.72. The van der Waals surface area contributed by atoms with E-state index in [1.54, 1.807) is 6.20 Å². The van der Waals surface area contributed by atoms with Gasteiger partial charge >= 0.3 is 0 Å². The zero-order valence-corrected chi connectivity index (χ0v) is 13.2. The van der Waals surface area contributed by atoms with Crippen molar-refractivity contribution in [3.05, 3.63) is 52.3 Å². The quantitative estimate of drug-likeness (QED) is 0.932. The van der Waals surface area contributed by atoms with Crippen molar-refractivity contribution in [3.63, 3.8) is 0 Å². The summed E-state index contributed by atoms with van der Waals surface area (Å²) in [4.78, 5) is 0. The van der Waals surface area contributed by atoms with Crippen LogP contribution >= 0.6 is 11.6 Å². The average molecular weight is 305 g/mol. The summed E-state index contributed by atoms with van der Waals surface area (Å²) >= 11 is 6.26. The second-order valence-electron chi connectivity index (χ2n) is 6.13. The zero-order valence-electron chi connectivity index (χ0n) is 12.5. The molecule has 0 saturated carbocycles. The van der Waals surface area contributed by atoms with E-state index in [4.69, 9.17) is 11.6 Å². The number of aryl methyl sites for hydroxylation is 1. The van der Waals surface area contributed by atoms with Crippen LogP contribution in [-0.4, -0.2) is 14.9 Å². The lowest BCUT2D eigenvalue weighted by molar-refractivity contribution is 0.0894. The summed E-state index contributed by atoms with van der Waals surface area (Å²) < 4.78 is 1.84. The molecule has 1 aliphatic carbocycles. The molecule has 0 aliphatic heterocycles. The van der Waals surface area contributed by atoms with Gasteiger partial charge in [-0.25, -0.2) is 0 Å². The Balaban J connectivity index is 1.87. The molecule has 4 heteroatoms. The normalized spacial score (nSPS) is 19.6. The van der Waals surface area contributed by atoms with Crippen molar-refractivity contribution in [2.75, 3.05) is 0 Å². The number of benzene rings is 1. The van der Waals surface area contributed by atoms with Crippen LogP contribution in [0.4, 0.5) is 0 Å². The summed E-state index contributed by atoms with van der Waals surface area (Å²) in [5.41, 5.74) is 3.51. The van der Waals surface area contributed by atoms with E-state index in [1.165, 1.54) is 11.1 Å². The van der Waals surface area contributed by atoms with Gasteiger partial charge in [0.25, 0.3) is 0 Å². The van der Waals surface area contributed by atoms with Gasteiger partial charge in [-0.05, 0) is 50.2 Å². The summed E-state index contributed by atoms with van der Waals surface area (Å²) in [5.74, 6) is 0.201. The van der Waals surface area contributed by atoms with Gasteiger partial charge in [0.15, 0.2) is 0 Å². The molecule has 21 heavy (non-hydrogen) atoms. The Kier molecular flexibility index (Phi) is 4.05. The van der Waals surface area contributed by atoms with Gasteiger partial charge in [0.2, 0.25) is 0 Å². The smallest absolute Gasteiger partial charge is 0.100 e. The molecule has 2 aromatic rings. The first-order chi connectivity index (χ1) is 10.1. The maximum absolute atomic E-state index is 10.8. The van der Waals surface area contributed by atoms with Gasteiger partial charge in [-0.2, -0.15) is 5.10 Å². The molecule has 1 aromatic carbocycles. The Bertz CT molecular complexity index is 635. The molecule has 2 atom stereocenters. The van der Waals surface area contributed by atoms with Crippen LogP contribution in [0, 0.1) is 5.92 Å². The largest absolute Gasteiger partial charge is 0.386 e. The Hall–Kier alpha value is -1.32. The van der Waals surface area contributed by atoms with Crippen LogP contribution in [0.3, 0.4) is 0 Å². The van der Waals surface area contributed by atoms with E-state index in [9.17, 15) is 5.11 Å². The number of aliphatic hydroxyl groups excluding tert-OH is 1. The Labute approximate surface area is 130 Å². The van der Waals surface area contributed by atoms with Crippen molar-refractivity contribution >= 4 is 11.6 Å². The number of fused-ring (bicyclic) bond motifs is 1. The molecule has 0 bridgehead atoms. The SMILES string of the molecule is CC(C)n1ncc(Cl)c1C(O)C1CCc2ccccc2C1. The van der Waals surface area contributed by atoms with Gasteiger partial charge in [0.05, 0.1) is 16.9 Å². The van der Waals surface area contributed by atoms with E-state index < -0.39 is 6.10 Å².